The Balaban J connectivity index is 1.67. The van der Waals surface area contributed by atoms with Gasteiger partial charge in [-0.3, -0.25) is 4.90 Å². The first kappa shape index (κ1) is 13.8. The molecule has 0 aromatic heterocycles. The van der Waals surface area contributed by atoms with Crippen molar-refractivity contribution in [1.82, 2.24) is 9.80 Å². The van der Waals surface area contributed by atoms with Gasteiger partial charge in [-0.15, -0.1) is 0 Å². The van der Waals surface area contributed by atoms with E-state index in [-0.39, 0.29) is 5.54 Å². The van der Waals surface area contributed by atoms with Crippen LogP contribution in [0.1, 0.15) is 39.5 Å². The molecule has 2 bridgehead atoms. The topological polar surface area (TPSA) is 41.7 Å². The van der Waals surface area contributed by atoms with E-state index in [1.165, 1.54) is 38.8 Å². The van der Waals surface area contributed by atoms with E-state index in [9.17, 15) is 0 Å². The normalized spacial score (nSPS) is 36.0. The third kappa shape index (κ3) is 2.56. The zero-order chi connectivity index (χ0) is 13.5. The second kappa shape index (κ2) is 5.32. The number of rotatable bonds is 3. The summed E-state index contributed by atoms with van der Waals surface area (Å²) in [6.45, 7) is 10.0. The second-order valence-corrected chi connectivity index (χ2v) is 6.92. The minimum absolute atomic E-state index is 0.246. The van der Waals surface area contributed by atoms with Gasteiger partial charge in [0.1, 0.15) is 0 Å². The molecule has 0 spiro atoms. The average molecular weight is 267 g/mol. The van der Waals surface area contributed by atoms with Crippen molar-refractivity contribution in [3.63, 3.8) is 0 Å². The van der Waals surface area contributed by atoms with Crippen molar-refractivity contribution in [2.75, 3.05) is 32.7 Å². The Labute approximate surface area is 117 Å². The maximum atomic E-state index is 6.20. The van der Waals surface area contributed by atoms with Crippen LogP contribution in [0.25, 0.3) is 0 Å². The lowest BCUT2D eigenvalue weighted by molar-refractivity contribution is -0.0919. The number of likely N-dealkylation sites (tertiary alicyclic amines) is 2. The molecule has 110 valence electrons. The van der Waals surface area contributed by atoms with E-state index in [4.69, 9.17) is 10.5 Å². The number of ether oxygens (including phenoxy) is 1. The van der Waals surface area contributed by atoms with Crippen molar-refractivity contribution in [1.29, 1.82) is 0 Å². The van der Waals surface area contributed by atoms with Crippen LogP contribution in [0, 0.1) is 0 Å². The molecule has 0 aliphatic carbocycles. The molecule has 0 saturated carbocycles. The Kier molecular flexibility index (Phi) is 3.87. The number of nitrogens with two attached hydrogens (primary N) is 1. The Morgan fingerprint density at radius 2 is 1.74 bits per heavy atom. The molecule has 4 heteroatoms. The van der Waals surface area contributed by atoms with E-state index in [1.807, 2.05) is 0 Å². The lowest BCUT2D eigenvalue weighted by atomic mass is 9.84. The van der Waals surface area contributed by atoms with Crippen molar-refractivity contribution >= 4 is 0 Å². The Morgan fingerprint density at radius 1 is 1.16 bits per heavy atom. The van der Waals surface area contributed by atoms with Gasteiger partial charge in [-0.05, 0) is 39.5 Å². The lowest BCUT2D eigenvalue weighted by Gasteiger charge is -2.51. The number of hydrogen-bond donors (Lipinski definition) is 1. The monoisotopic (exact) mass is 267 g/mol. The molecule has 2 unspecified atom stereocenters. The van der Waals surface area contributed by atoms with Crippen molar-refractivity contribution in [3.05, 3.63) is 0 Å². The summed E-state index contributed by atoms with van der Waals surface area (Å²) in [5.41, 5.74) is 6.45. The zero-order valence-corrected chi connectivity index (χ0v) is 12.5. The van der Waals surface area contributed by atoms with Crippen LogP contribution < -0.4 is 5.73 Å². The van der Waals surface area contributed by atoms with Gasteiger partial charge in [-0.1, -0.05) is 0 Å². The molecule has 2 N–H and O–H groups in total. The highest BCUT2D eigenvalue weighted by Gasteiger charge is 2.45. The van der Waals surface area contributed by atoms with Crippen molar-refractivity contribution in [2.24, 2.45) is 5.73 Å². The van der Waals surface area contributed by atoms with Gasteiger partial charge in [0.2, 0.25) is 0 Å². The summed E-state index contributed by atoms with van der Waals surface area (Å²) >= 11 is 0. The fourth-order valence-corrected chi connectivity index (χ4v) is 4.11. The summed E-state index contributed by atoms with van der Waals surface area (Å²) in [5.74, 6) is 0. The zero-order valence-electron chi connectivity index (χ0n) is 12.5. The summed E-state index contributed by atoms with van der Waals surface area (Å²) in [4.78, 5) is 5.26. The Morgan fingerprint density at radius 3 is 2.21 bits per heavy atom. The summed E-state index contributed by atoms with van der Waals surface area (Å²) < 4.78 is 5.97. The lowest BCUT2D eigenvalue weighted by Crippen LogP contribution is -2.63. The van der Waals surface area contributed by atoms with Gasteiger partial charge in [0.15, 0.2) is 0 Å². The van der Waals surface area contributed by atoms with E-state index < -0.39 is 0 Å². The third-order valence-corrected chi connectivity index (χ3v) is 5.55. The summed E-state index contributed by atoms with van der Waals surface area (Å²) in [7, 11) is 0. The molecule has 0 amide bonds. The summed E-state index contributed by atoms with van der Waals surface area (Å²) in [6.07, 6.45) is 5.90. The number of morpholine rings is 1. The van der Waals surface area contributed by atoms with E-state index in [2.05, 4.69) is 23.6 Å². The minimum atomic E-state index is 0.246. The van der Waals surface area contributed by atoms with Crippen molar-refractivity contribution in [3.8, 4) is 0 Å². The molecule has 3 fully saturated rings. The summed E-state index contributed by atoms with van der Waals surface area (Å²) in [6, 6.07) is 0.664. The predicted octanol–water partition coefficient (Wildman–Crippen LogP) is 1.05. The average Bonchev–Trinajstić information content (AvgIpc) is 2.77. The number of fused-ring (bicyclic) bond motifs is 2. The molecule has 4 nitrogen and oxygen atoms in total. The molecule has 3 aliphatic heterocycles. The predicted molar refractivity (Wildman–Crippen MR) is 77.2 cm³/mol. The van der Waals surface area contributed by atoms with Crippen molar-refractivity contribution < 1.29 is 4.74 Å². The molecule has 0 aromatic carbocycles. The van der Waals surface area contributed by atoms with Crippen LogP contribution in [0.4, 0.5) is 0 Å². The van der Waals surface area contributed by atoms with Crippen LogP contribution >= 0.6 is 0 Å². The minimum Gasteiger partial charge on any atom is -0.372 e. The maximum Gasteiger partial charge on any atom is 0.0707 e. The number of nitrogens with zero attached hydrogens (tertiary/aromatic N) is 2. The largest absolute Gasteiger partial charge is 0.372 e. The molecular formula is C15H29N3O. The SMILES string of the molecule is CC(C)N1CCC(CN)(N2CC3CCC(C2)O3)CC1. The molecule has 3 rings (SSSR count). The highest BCUT2D eigenvalue weighted by molar-refractivity contribution is 5.00. The highest BCUT2D eigenvalue weighted by atomic mass is 16.5. The fourth-order valence-electron chi connectivity index (χ4n) is 4.11. The fraction of sp³-hybridized carbons (Fsp3) is 1.00. The van der Waals surface area contributed by atoms with Crippen LogP contribution in [0.5, 0.6) is 0 Å². The molecule has 2 atom stereocenters. The first-order valence-electron chi connectivity index (χ1n) is 7.97. The molecule has 3 aliphatic rings. The number of piperidine rings is 1. The molecular weight excluding hydrogens is 238 g/mol. The number of hydrogen-bond acceptors (Lipinski definition) is 4. The van der Waals surface area contributed by atoms with Crippen LogP contribution in [0.3, 0.4) is 0 Å². The van der Waals surface area contributed by atoms with E-state index >= 15 is 0 Å². The third-order valence-electron chi connectivity index (χ3n) is 5.55. The van der Waals surface area contributed by atoms with Gasteiger partial charge in [-0.2, -0.15) is 0 Å². The first-order chi connectivity index (χ1) is 9.13. The first-order valence-corrected chi connectivity index (χ1v) is 7.97. The van der Waals surface area contributed by atoms with Crippen LogP contribution in [0.15, 0.2) is 0 Å². The molecule has 19 heavy (non-hydrogen) atoms. The van der Waals surface area contributed by atoms with Crippen LogP contribution in [-0.4, -0.2) is 66.3 Å². The maximum absolute atomic E-state index is 6.20. The Bertz CT molecular complexity index is 301. The summed E-state index contributed by atoms with van der Waals surface area (Å²) in [5, 5.41) is 0. The van der Waals surface area contributed by atoms with Crippen molar-refractivity contribution in [2.45, 2.75) is 63.3 Å². The highest BCUT2D eigenvalue weighted by Crippen LogP contribution is 2.35. The van der Waals surface area contributed by atoms with Gasteiger partial charge in [0, 0.05) is 44.3 Å². The second-order valence-electron chi connectivity index (χ2n) is 6.92. The quantitative estimate of drug-likeness (QED) is 0.830. The van der Waals surface area contributed by atoms with E-state index in [0.717, 1.165) is 19.6 Å². The standard InChI is InChI=1S/C15H29N3O/c1-12(2)17-7-5-15(11-16,6-8-17)18-9-13-3-4-14(10-18)19-13/h12-14H,3-11,16H2,1-2H3. The van der Waals surface area contributed by atoms with Crippen LogP contribution in [0.2, 0.25) is 0 Å². The van der Waals surface area contributed by atoms with Crippen LogP contribution in [-0.2, 0) is 4.74 Å². The van der Waals surface area contributed by atoms with Gasteiger partial charge in [0.05, 0.1) is 12.2 Å². The van der Waals surface area contributed by atoms with Gasteiger partial charge >= 0.3 is 0 Å². The van der Waals surface area contributed by atoms with Gasteiger partial charge < -0.3 is 15.4 Å². The van der Waals surface area contributed by atoms with E-state index in [0.29, 0.717) is 18.2 Å². The smallest absolute Gasteiger partial charge is 0.0707 e. The molecule has 3 saturated heterocycles. The van der Waals surface area contributed by atoms with Gasteiger partial charge in [-0.25, -0.2) is 0 Å². The Hall–Kier alpha value is -0.160. The molecule has 0 radical (unpaired) electrons. The van der Waals surface area contributed by atoms with Gasteiger partial charge in [0.25, 0.3) is 0 Å². The van der Waals surface area contributed by atoms with E-state index in [1.54, 1.807) is 0 Å². The molecule has 0 aromatic rings. The molecule has 3 heterocycles.